The summed E-state index contributed by atoms with van der Waals surface area (Å²) in [5, 5.41) is 13.9. The second-order valence-electron chi connectivity index (χ2n) is 24.0. The van der Waals surface area contributed by atoms with E-state index >= 15 is 0 Å². The predicted molar refractivity (Wildman–Crippen MR) is 379 cm³/mol. The fourth-order valence-corrected chi connectivity index (χ4v) is 13.7. The van der Waals surface area contributed by atoms with Gasteiger partial charge >= 0.3 is 6.18 Å². The van der Waals surface area contributed by atoms with Gasteiger partial charge in [0.1, 0.15) is 50.8 Å². The van der Waals surface area contributed by atoms with Crippen LogP contribution in [0.2, 0.25) is 10.0 Å². The largest absolute Gasteiger partial charge is 0.457 e. The minimum absolute atomic E-state index is 0.0550. The zero-order valence-corrected chi connectivity index (χ0v) is 57.4. The first kappa shape index (κ1) is 74.3. The normalized spacial score (nSPS) is 16.0. The topological polar surface area (TPSA) is 308 Å². The fourth-order valence-electron chi connectivity index (χ4n) is 11.9. The van der Waals surface area contributed by atoms with Crippen molar-refractivity contribution in [1.82, 2.24) is 44.0 Å². The number of halogens is 6. The van der Waals surface area contributed by atoms with Crippen LogP contribution in [0.1, 0.15) is 93.3 Å². The van der Waals surface area contributed by atoms with Gasteiger partial charge in [0.2, 0.25) is 17.7 Å². The number of amides is 6. The molecule has 30 heteroatoms. The second-order valence-corrected chi connectivity index (χ2v) is 26.5. The average molecular weight is 1470 g/mol. The highest BCUT2D eigenvalue weighted by Gasteiger charge is 2.32. The highest BCUT2D eigenvalue weighted by Crippen LogP contribution is 2.37. The van der Waals surface area contributed by atoms with Crippen LogP contribution in [0.3, 0.4) is 0 Å². The quantitative estimate of drug-likeness (QED) is 0.0433. The zero-order valence-electron chi connectivity index (χ0n) is 55.1. The number of hydrogen-bond donors (Lipinski definition) is 4. The molecule has 23 nitrogen and oxygen atoms in total. The Kier molecular flexibility index (Phi) is 23.5. The van der Waals surface area contributed by atoms with E-state index in [0.29, 0.717) is 95.9 Å². The van der Waals surface area contributed by atoms with Crippen molar-refractivity contribution in [3.05, 3.63) is 234 Å². The van der Waals surface area contributed by atoms with E-state index in [1.807, 2.05) is 0 Å². The Balaban J connectivity index is 0.000000166. The van der Waals surface area contributed by atoms with Crippen LogP contribution >= 0.6 is 23.2 Å². The summed E-state index contributed by atoms with van der Waals surface area (Å²) < 4.78 is 95.7. The first-order chi connectivity index (χ1) is 49.2. The van der Waals surface area contributed by atoms with Gasteiger partial charge in [0.05, 0.1) is 50.4 Å². The van der Waals surface area contributed by atoms with Gasteiger partial charge in [-0.2, -0.15) is 28.5 Å². The molecule has 6 amide bonds. The van der Waals surface area contributed by atoms with Gasteiger partial charge in [-0.3, -0.25) is 47.5 Å². The van der Waals surface area contributed by atoms with Crippen LogP contribution in [0.5, 0.6) is 23.0 Å². The molecule has 7 N–H and O–H groups in total. The number of nitrogens with zero attached hydrogens (tertiary/aromatic N) is 9. The van der Waals surface area contributed by atoms with E-state index in [-0.39, 0.29) is 79.2 Å². The molecule has 12 rings (SSSR count). The first-order valence-electron chi connectivity index (χ1n) is 32.2. The van der Waals surface area contributed by atoms with E-state index in [2.05, 4.69) is 39.8 Å². The average Bonchev–Trinajstić information content (AvgIpc) is 1.73. The van der Waals surface area contributed by atoms with Crippen molar-refractivity contribution in [3.63, 3.8) is 0 Å². The van der Waals surface area contributed by atoms with Gasteiger partial charge in [-0.25, -0.2) is 12.8 Å². The van der Waals surface area contributed by atoms with Crippen LogP contribution < -0.4 is 31.4 Å². The number of hydrogen-bond acceptors (Lipinski definition) is 13. The lowest BCUT2D eigenvalue weighted by molar-refractivity contribution is -0.137. The number of aromatic nitrogens is 6. The molecule has 103 heavy (non-hydrogen) atoms. The maximum Gasteiger partial charge on any atom is 0.416 e. The lowest BCUT2D eigenvalue weighted by Crippen LogP contribution is -2.40. The van der Waals surface area contributed by atoms with Crippen LogP contribution in [0.25, 0.3) is 33.8 Å². The molecule has 0 spiro atoms. The molecule has 6 aromatic carbocycles. The Hall–Kier alpha value is -11.4. The van der Waals surface area contributed by atoms with Crippen molar-refractivity contribution in [2.45, 2.75) is 67.7 Å². The Morgan fingerprint density at radius 3 is 1.17 bits per heavy atom. The Morgan fingerprint density at radius 1 is 0.505 bits per heavy atom. The third kappa shape index (κ3) is 18.2. The number of nitrogens with two attached hydrogens (primary N) is 3. The molecule has 0 bridgehead atoms. The number of benzene rings is 6. The van der Waals surface area contributed by atoms with Gasteiger partial charge in [0.15, 0.2) is 0 Å². The summed E-state index contributed by atoms with van der Waals surface area (Å²) in [4.78, 5) is 77.4. The van der Waals surface area contributed by atoms with E-state index in [1.54, 1.807) is 132 Å². The van der Waals surface area contributed by atoms with Crippen LogP contribution in [0.4, 0.5) is 23.2 Å². The SMILES string of the molecule is C=CC(=O)N1CCC[C@@H](n2cc(C(N)=O)c(-c3ccc(NS(=O)(=O)c4cccc(Cl)c4Cl)cc3)n2)C1.C=CC(=O)N1CCC[C@@H](n2cc(C(N)=O)c(-c3ccc(Oc4ccc(C(F)(F)F)cc4)cc3)n2)C1.C=CC(=O)N1CCC[C@@H](n2cc(C(N)=O)c(-c3ccc(Oc4ccc(F)cc4)cc3)n2)C1. The molecule has 3 aromatic heterocycles. The Labute approximate surface area is 599 Å². The molecule has 6 heterocycles. The molecule has 0 saturated carbocycles. The summed E-state index contributed by atoms with van der Waals surface area (Å²) in [6.45, 7) is 14.0. The number of piperidine rings is 3. The number of carbonyl (C=O) groups excluding carboxylic acids is 6. The number of sulfonamides is 1. The van der Waals surface area contributed by atoms with Crippen LogP contribution in [0, 0.1) is 5.82 Å². The molecule has 0 radical (unpaired) electrons. The number of ether oxygens (including phenoxy) is 2. The molecule has 3 atom stereocenters. The van der Waals surface area contributed by atoms with E-state index in [4.69, 9.17) is 49.9 Å². The molecule has 3 saturated heterocycles. The van der Waals surface area contributed by atoms with Gasteiger partial charge in [-0.15, -0.1) is 0 Å². The maximum atomic E-state index is 13.1. The Bertz CT molecular complexity index is 4760. The molecule has 534 valence electrons. The van der Waals surface area contributed by atoms with Crippen LogP contribution in [0.15, 0.2) is 201 Å². The molecule has 3 fully saturated rings. The second kappa shape index (κ2) is 32.5. The summed E-state index contributed by atoms with van der Waals surface area (Å²) in [5.41, 5.74) is 20.2. The molecule has 0 unspecified atom stereocenters. The van der Waals surface area contributed by atoms with E-state index < -0.39 is 39.5 Å². The van der Waals surface area contributed by atoms with Gasteiger partial charge < -0.3 is 41.4 Å². The van der Waals surface area contributed by atoms with Crippen molar-refractivity contribution in [1.29, 1.82) is 0 Å². The minimum atomic E-state index is -4.42. The van der Waals surface area contributed by atoms with Crippen molar-refractivity contribution < 1.29 is 64.2 Å². The number of nitrogens with one attached hydrogen (secondary N) is 1. The minimum Gasteiger partial charge on any atom is -0.457 e. The Morgan fingerprint density at radius 2 is 0.835 bits per heavy atom. The van der Waals surface area contributed by atoms with Gasteiger partial charge in [-0.1, -0.05) is 61.1 Å². The molecule has 9 aromatic rings. The number of rotatable bonds is 19. The summed E-state index contributed by atoms with van der Waals surface area (Å²) in [6, 6.07) is 34.2. The highest BCUT2D eigenvalue weighted by molar-refractivity contribution is 7.92. The van der Waals surface area contributed by atoms with Crippen LogP contribution in [-0.2, 0) is 30.6 Å². The molecule has 3 aliphatic rings. The van der Waals surface area contributed by atoms with Gasteiger partial charge in [0, 0.05) is 80.2 Å². The number of alkyl halides is 3. The fraction of sp³-hybridized carbons (Fsp3) is 0.219. The number of carbonyl (C=O) groups is 6. The summed E-state index contributed by atoms with van der Waals surface area (Å²) in [6.07, 6.45) is 9.10. The van der Waals surface area contributed by atoms with Crippen molar-refractivity contribution in [3.8, 4) is 56.8 Å². The predicted octanol–water partition coefficient (Wildman–Crippen LogP) is 12.8. The van der Waals surface area contributed by atoms with Crippen LogP contribution in [-0.4, -0.2) is 127 Å². The highest BCUT2D eigenvalue weighted by atomic mass is 35.5. The third-order valence-electron chi connectivity index (χ3n) is 17.1. The van der Waals surface area contributed by atoms with E-state index in [9.17, 15) is 54.7 Å². The van der Waals surface area contributed by atoms with E-state index in [0.717, 1.165) is 50.7 Å². The lowest BCUT2D eigenvalue weighted by Gasteiger charge is -2.32. The lowest BCUT2D eigenvalue weighted by atomic mass is 10.1. The number of likely N-dealkylation sites (tertiary alicyclic amines) is 3. The molecule has 3 aliphatic heterocycles. The van der Waals surface area contributed by atoms with Gasteiger partial charge in [0.25, 0.3) is 27.7 Å². The number of anilines is 1. The monoisotopic (exact) mass is 1470 g/mol. The number of primary amides is 3. The molecular formula is C73H69Cl2F4N13O10S. The summed E-state index contributed by atoms with van der Waals surface area (Å²) >= 11 is 12.0. The van der Waals surface area contributed by atoms with E-state index in [1.165, 1.54) is 60.7 Å². The molecule has 0 aliphatic carbocycles. The summed E-state index contributed by atoms with van der Waals surface area (Å²) in [5.74, 6) is -0.886. The van der Waals surface area contributed by atoms with Crippen molar-refractivity contribution in [2.75, 3.05) is 44.0 Å². The zero-order chi connectivity index (χ0) is 73.9. The maximum absolute atomic E-state index is 13.1. The van der Waals surface area contributed by atoms with Crippen molar-refractivity contribution >= 4 is 74.4 Å². The standard InChI is InChI=1S/C25H23F3N4O3.C24H23Cl2N5O4S.C24H23FN4O3/c1-2-22(33)31-13-3-4-18(14-31)32-15-21(24(29)34)23(30-32)16-5-9-19(10-6-16)35-20-11-7-17(8-12-20)25(26,27)28;1-2-21(32)30-12-4-5-17(13-30)31-14-18(24(27)33)23(28-31)15-8-10-16(11-9-15)29-36(34,35)20-7-3-6-19(25)22(20)26;1-2-22(30)28-13-3-4-18(14-28)29-15-21(24(26)31)23(27-29)16-5-9-19(10-6-16)32-20-11-7-17(25)8-12-20/h2,5-12,15,18H,1,3-4,13-14H2,(H2,29,34);2-3,6-11,14,17,29H,1,4-5,12-13H2,(H2,27,33);2,5-12,15,18H,1,3-4,13-14H2,(H2,26,31)/t18-;17-;18-/m111/s1. The first-order valence-corrected chi connectivity index (χ1v) is 34.4. The van der Waals surface area contributed by atoms with Crippen molar-refractivity contribution in [2.24, 2.45) is 17.2 Å². The summed E-state index contributed by atoms with van der Waals surface area (Å²) in [7, 11) is -3.99. The molecular weight excluding hydrogens is 1400 g/mol. The van der Waals surface area contributed by atoms with Gasteiger partial charge in [-0.05, 0) is 178 Å². The smallest absolute Gasteiger partial charge is 0.416 e. The third-order valence-corrected chi connectivity index (χ3v) is 19.5.